The summed E-state index contributed by atoms with van der Waals surface area (Å²) in [6.45, 7) is 3.78. The second-order valence-corrected chi connectivity index (χ2v) is 6.04. The zero-order valence-electron chi connectivity index (χ0n) is 15.1. The predicted octanol–water partition coefficient (Wildman–Crippen LogP) is 1.01. The first kappa shape index (κ1) is 18.8. The maximum absolute atomic E-state index is 12.2. The van der Waals surface area contributed by atoms with E-state index in [1.54, 1.807) is 18.2 Å². The van der Waals surface area contributed by atoms with E-state index >= 15 is 0 Å². The molecular weight excluding hydrogens is 362 g/mol. The number of carbonyl (C=O) groups is 1. The molecule has 0 aliphatic carbocycles. The molecule has 0 saturated heterocycles. The van der Waals surface area contributed by atoms with Crippen molar-refractivity contribution in [2.24, 2.45) is 5.10 Å². The molecule has 3 rings (SSSR count). The number of benzene rings is 1. The summed E-state index contributed by atoms with van der Waals surface area (Å²) < 4.78 is 0.958. The van der Waals surface area contributed by atoms with Crippen LogP contribution in [0.3, 0.4) is 0 Å². The molecule has 9 heteroatoms. The Labute approximate surface area is 159 Å². The number of rotatable bonds is 4. The van der Waals surface area contributed by atoms with Crippen molar-refractivity contribution in [1.29, 1.82) is 0 Å². The number of pyridine rings is 1. The number of aryl methyl sites for hydroxylation is 2. The molecule has 0 fully saturated rings. The average molecular weight is 379 g/mol. The zero-order chi connectivity index (χ0) is 20.3. The topological polar surface area (TPSA) is 129 Å². The highest BCUT2D eigenvalue weighted by Gasteiger charge is 2.15. The van der Waals surface area contributed by atoms with Crippen LogP contribution < -0.4 is 16.7 Å². The Kier molecular flexibility index (Phi) is 5.16. The van der Waals surface area contributed by atoms with Crippen LogP contribution in [0.4, 0.5) is 0 Å². The number of aromatic hydroxyl groups is 1. The van der Waals surface area contributed by atoms with Gasteiger partial charge in [-0.2, -0.15) is 5.10 Å². The van der Waals surface area contributed by atoms with Crippen molar-refractivity contribution in [2.75, 3.05) is 0 Å². The first-order valence-electron chi connectivity index (χ1n) is 8.28. The lowest BCUT2D eigenvalue weighted by Gasteiger charge is -2.11. The van der Waals surface area contributed by atoms with Crippen LogP contribution in [0.15, 0.2) is 57.4 Å². The minimum absolute atomic E-state index is 0.271. The Morgan fingerprint density at radius 3 is 2.57 bits per heavy atom. The summed E-state index contributed by atoms with van der Waals surface area (Å²) in [6.07, 6.45) is 3.88. The molecule has 1 amide bonds. The first-order valence-corrected chi connectivity index (χ1v) is 8.28. The minimum Gasteiger partial charge on any atom is -0.493 e. The lowest BCUT2D eigenvalue weighted by molar-refractivity contribution is 0.0955. The summed E-state index contributed by atoms with van der Waals surface area (Å²) in [5.74, 6) is -1.10. The molecule has 142 valence electrons. The Morgan fingerprint density at radius 1 is 1.18 bits per heavy atom. The van der Waals surface area contributed by atoms with Crippen LogP contribution >= 0.6 is 0 Å². The maximum atomic E-state index is 12.2. The van der Waals surface area contributed by atoms with E-state index < -0.39 is 23.0 Å². The molecule has 0 spiro atoms. The number of aromatic amines is 1. The van der Waals surface area contributed by atoms with Crippen molar-refractivity contribution in [3.05, 3.63) is 85.8 Å². The number of H-pyrrole nitrogens is 1. The molecule has 0 aliphatic heterocycles. The average Bonchev–Trinajstić information content (AvgIpc) is 2.67. The minimum atomic E-state index is -0.829. The number of hydrazone groups is 1. The fourth-order valence-electron chi connectivity index (χ4n) is 2.48. The van der Waals surface area contributed by atoms with Crippen LogP contribution in [0.1, 0.15) is 27.0 Å². The second kappa shape index (κ2) is 7.70. The Balaban J connectivity index is 1.96. The number of nitrogens with one attached hydrogen (secondary N) is 2. The van der Waals surface area contributed by atoms with Crippen LogP contribution in [0.25, 0.3) is 5.69 Å². The van der Waals surface area contributed by atoms with Crippen molar-refractivity contribution < 1.29 is 9.90 Å². The normalized spacial score (nSPS) is 10.9. The van der Waals surface area contributed by atoms with Crippen LogP contribution in [-0.4, -0.2) is 31.8 Å². The molecule has 1 aromatic carbocycles. The molecule has 0 bridgehead atoms. The number of nitrogens with zero attached hydrogens (tertiary/aromatic N) is 3. The Hall–Kier alpha value is -4.01. The molecule has 28 heavy (non-hydrogen) atoms. The molecule has 9 nitrogen and oxygen atoms in total. The number of amides is 1. The standard InChI is InChI=1S/C19H17N5O4/c1-11-3-4-14(9-12(11)2)24-18(27)15(17(26)22-19(24)28)10-21-23-16(25)13-5-7-20-8-6-13/h3-10,27H,1-2H3,(H,23,25)(H,22,26,28). The van der Waals surface area contributed by atoms with Gasteiger partial charge in [-0.1, -0.05) is 6.07 Å². The molecule has 3 N–H and O–H groups in total. The van der Waals surface area contributed by atoms with Gasteiger partial charge < -0.3 is 5.11 Å². The molecule has 3 aromatic rings. The van der Waals surface area contributed by atoms with Crippen molar-refractivity contribution in [3.63, 3.8) is 0 Å². The van der Waals surface area contributed by atoms with Gasteiger partial charge in [0.05, 0.1) is 11.9 Å². The van der Waals surface area contributed by atoms with Gasteiger partial charge in [0.25, 0.3) is 11.5 Å². The third-order valence-corrected chi connectivity index (χ3v) is 4.17. The summed E-state index contributed by atoms with van der Waals surface area (Å²) in [4.78, 5) is 42.2. The summed E-state index contributed by atoms with van der Waals surface area (Å²) in [5, 5.41) is 14.2. The van der Waals surface area contributed by atoms with Crippen molar-refractivity contribution >= 4 is 12.1 Å². The molecule has 2 heterocycles. The molecular formula is C19H17N5O4. The lowest BCUT2D eigenvalue weighted by atomic mass is 10.1. The summed E-state index contributed by atoms with van der Waals surface area (Å²) in [6, 6.07) is 8.14. The molecule has 0 radical (unpaired) electrons. The van der Waals surface area contributed by atoms with E-state index in [0.717, 1.165) is 21.9 Å². The van der Waals surface area contributed by atoms with Gasteiger partial charge >= 0.3 is 5.69 Å². The zero-order valence-corrected chi connectivity index (χ0v) is 15.1. The SMILES string of the molecule is Cc1ccc(-n2c(O)c(C=NNC(=O)c3ccncc3)c(=O)[nH]c2=O)cc1C. The number of hydrogen-bond acceptors (Lipinski definition) is 6. The van der Waals surface area contributed by atoms with Gasteiger partial charge in [-0.15, -0.1) is 0 Å². The monoisotopic (exact) mass is 379 g/mol. The summed E-state index contributed by atoms with van der Waals surface area (Å²) in [5.41, 5.74) is 2.99. The van der Waals surface area contributed by atoms with Crippen LogP contribution in [-0.2, 0) is 0 Å². The van der Waals surface area contributed by atoms with Gasteiger partial charge in [-0.05, 0) is 49.2 Å². The van der Waals surface area contributed by atoms with Gasteiger partial charge in [-0.25, -0.2) is 14.8 Å². The highest BCUT2D eigenvalue weighted by molar-refractivity contribution is 5.94. The molecule has 0 saturated carbocycles. The third kappa shape index (κ3) is 3.73. The molecule has 2 aromatic heterocycles. The fraction of sp³-hybridized carbons (Fsp3) is 0.105. The number of carbonyl (C=O) groups excluding carboxylic acids is 1. The van der Waals surface area contributed by atoms with Crippen molar-refractivity contribution in [2.45, 2.75) is 13.8 Å². The van der Waals surface area contributed by atoms with E-state index in [2.05, 4.69) is 20.5 Å². The quantitative estimate of drug-likeness (QED) is 0.460. The van der Waals surface area contributed by atoms with E-state index in [4.69, 9.17) is 0 Å². The van der Waals surface area contributed by atoms with Gasteiger partial charge in [0, 0.05) is 18.0 Å². The van der Waals surface area contributed by atoms with Gasteiger partial charge in [-0.3, -0.25) is 19.6 Å². The second-order valence-electron chi connectivity index (χ2n) is 6.04. The van der Waals surface area contributed by atoms with Crippen LogP contribution in [0, 0.1) is 13.8 Å². The molecule has 0 unspecified atom stereocenters. The van der Waals surface area contributed by atoms with E-state index in [0.29, 0.717) is 11.3 Å². The summed E-state index contributed by atoms with van der Waals surface area (Å²) in [7, 11) is 0. The first-order chi connectivity index (χ1) is 13.4. The number of hydrogen-bond donors (Lipinski definition) is 3. The predicted molar refractivity (Wildman–Crippen MR) is 103 cm³/mol. The molecule has 0 atom stereocenters. The van der Waals surface area contributed by atoms with E-state index in [-0.39, 0.29) is 5.56 Å². The fourth-order valence-corrected chi connectivity index (χ4v) is 2.48. The Bertz CT molecular complexity index is 1180. The van der Waals surface area contributed by atoms with E-state index in [9.17, 15) is 19.5 Å². The maximum Gasteiger partial charge on any atom is 0.335 e. The summed E-state index contributed by atoms with van der Waals surface area (Å²) >= 11 is 0. The highest BCUT2D eigenvalue weighted by atomic mass is 16.3. The van der Waals surface area contributed by atoms with E-state index in [1.165, 1.54) is 24.5 Å². The van der Waals surface area contributed by atoms with Crippen LogP contribution in [0.5, 0.6) is 5.88 Å². The lowest BCUT2D eigenvalue weighted by Crippen LogP contribution is -2.31. The van der Waals surface area contributed by atoms with Gasteiger partial charge in [0.15, 0.2) is 0 Å². The van der Waals surface area contributed by atoms with Crippen molar-refractivity contribution in [1.82, 2.24) is 20.0 Å². The van der Waals surface area contributed by atoms with Gasteiger partial charge in [0.2, 0.25) is 5.88 Å². The third-order valence-electron chi connectivity index (χ3n) is 4.17. The van der Waals surface area contributed by atoms with Gasteiger partial charge in [0.1, 0.15) is 5.56 Å². The van der Waals surface area contributed by atoms with E-state index in [1.807, 2.05) is 13.8 Å². The van der Waals surface area contributed by atoms with Crippen LogP contribution in [0.2, 0.25) is 0 Å². The smallest absolute Gasteiger partial charge is 0.335 e. The highest BCUT2D eigenvalue weighted by Crippen LogP contribution is 2.18. The Morgan fingerprint density at radius 2 is 1.89 bits per heavy atom. The molecule has 0 aliphatic rings. The number of aromatic nitrogens is 3. The largest absolute Gasteiger partial charge is 0.493 e. The van der Waals surface area contributed by atoms with Crippen molar-refractivity contribution in [3.8, 4) is 11.6 Å².